The first-order chi connectivity index (χ1) is 9.72. The molecule has 118 valence electrons. The molecular weight excluding hydrogens is 274 g/mol. The standard InChI is InChI=1S/C14H23N3O4/c1-8(2)12(20)17-6-4-5-14(17)7-16(13(14)21)10(9(3)18)11(15)19/h8-10,18H,4-7H2,1-3H3,(H2,15,19)/t9-,10+,14?/m1/s1. The lowest BCUT2D eigenvalue weighted by atomic mass is 9.83. The van der Waals surface area contributed by atoms with Gasteiger partial charge in [0.1, 0.15) is 11.6 Å². The van der Waals surface area contributed by atoms with E-state index in [1.54, 1.807) is 18.7 Å². The average Bonchev–Trinajstić information content (AvgIpc) is 2.82. The van der Waals surface area contributed by atoms with Crippen LogP contribution in [0, 0.1) is 5.92 Å². The monoisotopic (exact) mass is 297 g/mol. The number of nitrogens with zero attached hydrogens (tertiary/aromatic N) is 2. The number of rotatable bonds is 4. The summed E-state index contributed by atoms with van der Waals surface area (Å²) >= 11 is 0. The van der Waals surface area contributed by atoms with Crippen LogP contribution in [0.2, 0.25) is 0 Å². The Labute approximate surface area is 124 Å². The first-order valence-electron chi connectivity index (χ1n) is 7.32. The second-order valence-corrected chi connectivity index (χ2v) is 6.30. The van der Waals surface area contributed by atoms with Crippen molar-refractivity contribution < 1.29 is 19.5 Å². The van der Waals surface area contributed by atoms with Gasteiger partial charge >= 0.3 is 0 Å². The molecule has 2 aliphatic rings. The topological polar surface area (TPSA) is 104 Å². The zero-order chi connectivity index (χ0) is 15.9. The Morgan fingerprint density at radius 1 is 1.33 bits per heavy atom. The number of carbonyl (C=O) groups excluding carboxylic acids is 3. The first kappa shape index (κ1) is 15.8. The minimum absolute atomic E-state index is 0.0480. The van der Waals surface area contributed by atoms with Crippen molar-refractivity contribution in [2.45, 2.75) is 51.3 Å². The van der Waals surface area contributed by atoms with E-state index in [1.165, 1.54) is 11.8 Å². The Balaban J connectivity index is 2.20. The smallest absolute Gasteiger partial charge is 0.251 e. The second kappa shape index (κ2) is 5.29. The minimum Gasteiger partial charge on any atom is -0.391 e. The van der Waals surface area contributed by atoms with Crippen LogP contribution in [-0.2, 0) is 14.4 Å². The highest BCUT2D eigenvalue weighted by atomic mass is 16.3. The molecule has 0 aliphatic carbocycles. The fraction of sp³-hybridized carbons (Fsp3) is 0.786. The van der Waals surface area contributed by atoms with Gasteiger partial charge in [0.25, 0.3) is 5.91 Å². The Bertz CT molecular complexity index is 477. The Kier molecular flexibility index (Phi) is 3.97. The third-order valence-corrected chi connectivity index (χ3v) is 4.42. The molecule has 7 heteroatoms. The molecule has 0 aromatic carbocycles. The molecule has 0 aromatic rings. The van der Waals surface area contributed by atoms with Crippen LogP contribution < -0.4 is 5.73 Å². The van der Waals surface area contributed by atoms with Gasteiger partial charge in [-0.2, -0.15) is 0 Å². The summed E-state index contributed by atoms with van der Waals surface area (Å²) in [6.45, 7) is 5.86. The van der Waals surface area contributed by atoms with Crippen molar-refractivity contribution in [2.24, 2.45) is 11.7 Å². The SMILES string of the molecule is CC(C)C(=O)N1CCCC12CN([C@H](C(N)=O)[C@@H](C)O)C2=O. The molecule has 2 heterocycles. The number of amides is 3. The number of hydrogen-bond acceptors (Lipinski definition) is 4. The molecule has 1 spiro atoms. The maximum Gasteiger partial charge on any atom is 0.251 e. The maximum absolute atomic E-state index is 12.6. The highest BCUT2D eigenvalue weighted by Gasteiger charge is 2.62. The molecule has 0 bridgehead atoms. The molecule has 0 aromatic heterocycles. The largest absolute Gasteiger partial charge is 0.391 e. The van der Waals surface area contributed by atoms with Gasteiger partial charge in [0.15, 0.2) is 0 Å². The summed E-state index contributed by atoms with van der Waals surface area (Å²) in [7, 11) is 0. The normalized spacial score (nSPS) is 28.0. The van der Waals surface area contributed by atoms with Crippen molar-refractivity contribution in [2.75, 3.05) is 13.1 Å². The van der Waals surface area contributed by atoms with Crippen LogP contribution in [0.5, 0.6) is 0 Å². The molecule has 3 amide bonds. The van der Waals surface area contributed by atoms with E-state index in [0.29, 0.717) is 13.0 Å². The number of nitrogens with two attached hydrogens (primary N) is 1. The molecule has 7 nitrogen and oxygen atoms in total. The highest BCUT2D eigenvalue weighted by Crippen LogP contribution is 2.41. The summed E-state index contributed by atoms with van der Waals surface area (Å²) in [6.07, 6.45) is 0.347. The number of likely N-dealkylation sites (tertiary alicyclic amines) is 2. The van der Waals surface area contributed by atoms with E-state index in [0.717, 1.165) is 6.42 Å². The molecule has 2 rings (SSSR count). The molecular formula is C14H23N3O4. The summed E-state index contributed by atoms with van der Waals surface area (Å²) in [5.74, 6) is -1.23. The average molecular weight is 297 g/mol. The Morgan fingerprint density at radius 2 is 1.95 bits per heavy atom. The molecule has 3 N–H and O–H groups in total. The van der Waals surface area contributed by atoms with Crippen LogP contribution in [0.4, 0.5) is 0 Å². The second-order valence-electron chi connectivity index (χ2n) is 6.30. The van der Waals surface area contributed by atoms with E-state index < -0.39 is 23.6 Å². The third-order valence-electron chi connectivity index (χ3n) is 4.42. The number of aliphatic hydroxyl groups excluding tert-OH is 1. The predicted molar refractivity (Wildman–Crippen MR) is 74.9 cm³/mol. The van der Waals surface area contributed by atoms with E-state index in [2.05, 4.69) is 0 Å². The third kappa shape index (κ3) is 2.29. The summed E-state index contributed by atoms with van der Waals surface area (Å²) in [5, 5.41) is 9.66. The van der Waals surface area contributed by atoms with Gasteiger partial charge in [0.2, 0.25) is 11.8 Å². The van der Waals surface area contributed by atoms with Gasteiger partial charge in [-0.25, -0.2) is 0 Å². The summed E-state index contributed by atoms with van der Waals surface area (Å²) in [5.41, 5.74) is 4.44. The van der Waals surface area contributed by atoms with Gasteiger partial charge in [-0.05, 0) is 19.8 Å². The van der Waals surface area contributed by atoms with Gasteiger partial charge < -0.3 is 20.6 Å². The van der Waals surface area contributed by atoms with Crippen LogP contribution in [0.15, 0.2) is 0 Å². The van der Waals surface area contributed by atoms with Gasteiger partial charge in [-0.15, -0.1) is 0 Å². The van der Waals surface area contributed by atoms with Crippen molar-refractivity contribution in [1.29, 1.82) is 0 Å². The van der Waals surface area contributed by atoms with Crippen molar-refractivity contribution in [3.8, 4) is 0 Å². The molecule has 2 saturated heterocycles. The van der Waals surface area contributed by atoms with Gasteiger partial charge in [0, 0.05) is 12.5 Å². The zero-order valence-electron chi connectivity index (χ0n) is 12.7. The van der Waals surface area contributed by atoms with Crippen molar-refractivity contribution in [3.63, 3.8) is 0 Å². The van der Waals surface area contributed by atoms with Crippen molar-refractivity contribution in [3.05, 3.63) is 0 Å². The van der Waals surface area contributed by atoms with Crippen LogP contribution in [-0.4, -0.2) is 63.4 Å². The van der Waals surface area contributed by atoms with Crippen LogP contribution in [0.1, 0.15) is 33.6 Å². The molecule has 0 radical (unpaired) electrons. The lowest BCUT2D eigenvalue weighted by Crippen LogP contribution is -2.77. The Morgan fingerprint density at radius 3 is 2.38 bits per heavy atom. The van der Waals surface area contributed by atoms with Crippen molar-refractivity contribution >= 4 is 17.7 Å². The first-order valence-corrected chi connectivity index (χ1v) is 7.32. The number of β-lactam (4-membered cyclic amide) rings is 1. The molecule has 3 atom stereocenters. The van der Waals surface area contributed by atoms with Crippen LogP contribution >= 0.6 is 0 Å². The van der Waals surface area contributed by atoms with Gasteiger partial charge in [-0.3, -0.25) is 14.4 Å². The molecule has 2 fully saturated rings. The van der Waals surface area contributed by atoms with Crippen LogP contribution in [0.3, 0.4) is 0 Å². The van der Waals surface area contributed by atoms with E-state index in [-0.39, 0.29) is 24.3 Å². The number of aliphatic hydroxyl groups is 1. The summed E-state index contributed by atoms with van der Waals surface area (Å²) in [6, 6.07) is -1.03. The maximum atomic E-state index is 12.6. The fourth-order valence-corrected chi connectivity index (χ4v) is 3.37. The van der Waals surface area contributed by atoms with E-state index in [4.69, 9.17) is 5.73 Å². The zero-order valence-corrected chi connectivity index (χ0v) is 12.7. The van der Waals surface area contributed by atoms with Gasteiger partial charge in [-0.1, -0.05) is 13.8 Å². The molecule has 1 unspecified atom stereocenters. The molecule has 2 aliphatic heterocycles. The summed E-state index contributed by atoms with van der Waals surface area (Å²) < 4.78 is 0. The predicted octanol–water partition coefficient (Wildman–Crippen LogP) is -0.919. The minimum atomic E-state index is -1.03. The van der Waals surface area contributed by atoms with Gasteiger partial charge in [0.05, 0.1) is 12.6 Å². The summed E-state index contributed by atoms with van der Waals surface area (Å²) in [4.78, 5) is 39.2. The molecule has 0 saturated carbocycles. The fourth-order valence-electron chi connectivity index (χ4n) is 3.37. The van der Waals surface area contributed by atoms with E-state index in [1.807, 2.05) is 0 Å². The number of primary amides is 1. The van der Waals surface area contributed by atoms with E-state index in [9.17, 15) is 19.5 Å². The number of hydrogen-bond donors (Lipinski definition) is 2. The number of carbonyl (C=O) groups is 3. The molecule has 21 heavy (non-hydrogen) atoms. The lowest BCUT2D eigenvalue weighted by Gasteiger charge is -2.53. The lowest BCUT2D eigenvalue weighted by molar-refractivity contribution is -0.176. The van der Waals surface area contributed by atoms with E-state index >= 15 is 0 Å². The quantitative estimate of drug-likeness (QED) is 0.655. The highest BCUT2D eigenvalue weighted by molar-refractivity contribution is 6.00. The van der Waals surface area contributed by atoms with Crippen molar-refractivity contribution in [1.82, 2.24) is 9.80 Å². The van der Waals surface area contributed by atoms with Crippen LogP contribution in [0.25, 0.3) is 0 Å². The Hall–Kier alpha value is -1.63.